The van der Waals surface area contributed by atoms with Gasteiger partial charge in [-0.15, -0.1) is 0 Å². The third-order valence-electron chi connectivity index (χ3n) is 2.09. The van der Waals surface area contributed by atoms with Gasteiger partial charge in [-0.3, -0.25) is 4.79 Å². The average molecular weight is 166 g/mol. The summed E-state index contributed by atoms with van der Waals surface area (Å²) in [7, 11) is 0. The highest BCUT2D eigenvalue weighted by molar-refractivity contribution is 5.73. The quantitative estimate of drug-likeness (QED) is 0.643. The van der Waals surface area contributed by atoms with E-state index in [0.717, 1.165) is 24.7 Å². The van der Waals surface area contributed by atoms with Crippen LogP contribution in [0.25, 0.3) is 0 Å². The highest BCUT2D eigenvalue weighted by Crippen LogP contribution is 2.23. The van der Waals surface area contributed by atoms with E-state index in [1.54, 1.807) is 6.26 Å². The Morgan fingerprint density at radius 3 is 3.00 bits per heavy atom. The lowest BCUT2D eigenvalue weighted by Gasteiger charge is -2.06. The Balaban J connectivity index is 2.78. The van der Waals surface area contributed by atoms with Gasteiger partial charge in [0.2, 0.25) is 0 Å². The van der Waals surface area contributed by atoms with Gasteiger partial charge in [-0.2, -0.15) is 0 Å². The zero-order valence-electron chi connectivity index (χ0n) is 7.54. The molecule has 1 rings (SSSR count). The first-order valence-corrected chi connectivity index (χ1v) is 4.32. The van der Waals surface area contributed by atoms with Crippen LogP contribution in [-0.2, 0) is 0 Å². The summed E-state index contributed by atoms with van der Waals surface area (Å²) in [5.41, 5.74) is 1.03. The van der Waals surface area contributed by atoms with Crippen molar-refractivity contribution in [1.29, 1.82) is 0 Å². The molecule has 0 unspecified atom stereocenters. The second kappa shape index (κ2) is 4.10. The molecule has 1 aromatic rings. The second-order valence-electron chi connectivity index (χ2n) is 3.05. The number of carbonyl (C=O) groups is 1. The lowest BCUT2D eigenvalue weighted by Crippen LogP contribution is -1.94. The minimum Gasteiger partial charge on any atom is -0.461 e. The van der Waals surface area contributed by atoms with E-state index in [4.69, 9.17) is 4.42 Å². The molecule has 0 aromatic carbocycles. The Labute approximate surface area is 72.6 Å². The van der Waals surface area contributed by atoms with Crippen LogP contribution in [0.15, 0.2) is 16.7 Å². The van der Waals surface area contributed by atoms with Crippen LogP contribution in [0.4, 0.5) is 0 Å². The van der Waals surface area contributed by atoms with Crippen molar-refractivity contribution in [2.75, 3.05) is 0 Å². The number of hydrogen-bond donors (Lipinski definition) is 0. The van der Waals surface area contributed by atoms with Crippen LogP contribution in [0.2, 0.25) is 0 Å². The minimum absolute atomic E-state index is 0.425. The molecule has 0 saturated heterocycles. The predicted octanol–water partition coefficient (Wildman–Crippen LogP) is 3.00. The normalized spacial score (nSPS) is 12.8. The summed E-state index contributed by atoms with van der Waals surface area (Å²) in [6.07, 6.45) is 4.58. The van der Waals surface area contributed by atoms with Gasteiger partial charge >= 0.3 is 0 Å². The molecule has 0 N–H and O–H groups in total. The maximum atomic E-state index is 10.5. The molecule has 2 nitrogen and oxygen atoms in total. The van der Waals surface area contributed by atoms with Crippen LogP contribution in [0.3, 0.4) is 0 Å². The van der Waals surface area contributed by atoms with E-state index in [9.17, 15) is 4.79 Å². The van der Waals surface area contributed by atoms with Crippen molar-refractivity contribution < 1.29 is 9.21 Å². The van der Waals surface area contributed by atoms with E-state index < -0.39 is 0 Å². The third kappa shape index (κ3) is 1.76. The average Bonchev–Trinajstić information content (AvgIpc) is 2.51. The van der Waals surface area contributed by atoms with Crippen molar-refractivity contribution in [3.63, 3.8) is 0 Å². The first-order chi connectivity index (χ1) is 5.79. The van der Waals surface area contributed by atoms with Crippen molar-refractivity contribution in [1.82, 2.24) is 0 Å². The SMILES string of the molecule is CCC[C@@H](C)c1ccoc1C=O. The second-order valence-corrected chi connectivity index (χ2v) is 3.05. The summed E-state index contributed by atoms with van der Waals surface area (Å²) in [5, 5.41) is 0. The van der Waals surface area contributed by atoms with E-state index in [2.05, 4.69) is 13.8 Å². The minimum atomic E-state index is 0.425. The first-order valence-electron chi connectivity index (χ1n) is 4.32. The van der Waals surface area contributed by atoms with E-state index >= 15 is 0 Å². The van der Waals surface area contributed by atoms with Crippen LogP contribution in [0.5, 0.6) is 0 Å². The number of aldehydes is 1. The smallest absolute Gasteiger partial charge is 0.185 e. The monoisotopic (exact) mass is 166 g/mol. The highest BCUT2D eigenvalue weighted by atomic mass is 16.3. The fraction of sp³-hybridized carbons (Fsp3) is 0.500. The van der Waals surface area contributed by atoms with Crippen molar-refractivity contribution in [2.45, 2.75) is 32.6 Å². The first kappa shape index (κ1) is 9.04. The Bertz CT molecular complexity index is 250. The molecule has 2 heteroatoms. The molecule has 1 heterocycles. The van der Waals surface area contributed by atoms with Crippen LogP contribution < -0.4 is 0 Å². The Hall–Kier alpha value is -1.05. The molecule has 66 valence electrons. The molecule has 0 saturated carbocycles. The lowest BCUT2D eigenvalue weighted by atomic mass is 9.97. The van der Waals surface area contributed by atoms with Gasteiger partial charge in [-0.25, -0.2) is 0 Å². The molecule has 0 radical (unpaired) electrons. The van der Waals surface area contributed by atoms with Gasteiger partial charge in [0.15, 0.2) is 12.0 Å². The van der Waals surface area contributed by atoms with E-state index in [-0.39, 0.29) is 0 Å². The molecule has 0 amide bonds. The fourth-order valence-electron chi connectivity index (χ4n) is 1.42. The van der Waals surface area contributed by atoms with Gasteiger partial charge in [0.05, 0.1) is 6.26 Å². The highest BCUT2D eigenvalue weighted by Gasteiger charge is 2.11. The standard InChI is InChI=1S/C10H14O2/c1-3-4-8(2)9-5-6-12-10(9)7-11/h5-8H,3-4H2,1-2H3/t8-/m1/s1. The molecule has 12 heavy (non-hydrogen) atoms. The van der Waals surface area contributed by atoms with E-state index in [1.165, 1.54) is 0 Å². The molecule has 1 aromatic heterocycles. The molecule has 0 aliphatic carbocycles. The maximum Gasteiger partial charge on any atom is 0.185 e. The number of hydrogen-bond acceptors (Lipinski definition) is 2. The summed E-state index contributed by atoms with van der Waals surface area (Å²) in [6, 6.07) is 1.88. The third-order valence-corrected chi connectivity index (χ3v) is 2.09. The molecule has 0 spiro atoms. The fourth-order valence-corrected chi connectivity index (χ4v) is 1.42. The van der Waals surface area contributed by atoms with Crippen molar-refractivity contribution in [2.24, 2.45) is 0 Å². The van der Waals surface area contributed by atoms with Gasteiger partial charge in [-0.05, 0) is 18.4 Å². The largest absolute Gasteiger partial charge is 0.461 e. The van der Waals surface area contributed by atoms with Gasteiger partial charge in [0.25, 0.3) is 0 Å². The Kier molecular flexibility index (Phi) is 3.09. The Morgan fingerprint density at radius 1 is 1.67 bits per heavy atom. The summed E-state index contributed by atoms with van der Waals surface area (Å²) in [6.45, 7) is 4.25. The van der Waals surface area contributed by atoms with Gasteiger partial charge in [0, 0.05) is 5.56 Å². The molecular formula is C10H14O2. The number of furan rings is 1. The lowest BCUT2D eigenvalue weighted by molar-refractivity contribution is 0.109. The summed E-state index contributed by atoms with van der Waals surface area (Å²) in [5.74, 6) is 0.907. The number of rotatable bonds is 4. The Morgan fingerprint density at radius 2 is 2.42 bits per heavy atom. The number of carbonyl (C=O) groups excluding carboxylic acids is 1. The van der Waals surface area contributed by atoms with Gasteiger partial charge in [-0.1, -0.05) is 20.3 Å². The zero-order chi connectivity index (χ0) is 8.97. The van der Waals surface area contributed by atoms with Gasteiger partial charge < -0.3 is 4.42 Å². The summed E-state index contributed by atoms with van der Waals surface area (Å²) < 4.78 is 5.01. The van der Waals surface area contributed by atoms with E-state index in [0.29, 0.717) is 11.7 Å². The molecule has 0 aliphatic rings. The van der Waals surface area contributed by atoms with Crippen molar-refractivity contribution in [3.8, 4) is 0 Å². The molecule has 0 fully saturated rings. The summed E-state index contributed by atoms with van der Waals surface area (Å²) >= 11 is 0. The van der Waals surface area contributed by atoms with Crippen LogP contribution in [-0.4, -0.2) is 6.29 Å². The van der Waals surface area contributed by atoms with Crippen molar-refractivity contribution in [3.05, 3.63) is 23.7 Å². The summed E-state index contributed by atoms with van der Waals surface area (Å²) in [4.78, 5) is 10.5. The zero-order valence-corrected chi connectivity index (χ0v) is 7.54. The van der Waals surface area contributed by atoms with Gasteiger partial charge in [0.1, 0.15) is 0 Å². The topological polar surface area (TPSA) is 30.2 Å². The van der Waals surface area contributed by atoms with Crippen LogP contribution >= 0.6 is 0 Å². The maximum absolute atomic E-state index is 10.5. The van der Waals surface area contributed by atoms with E-state index in [1.807, 2.05) is 6.07 Å². The molecule has 0 aliphatic heterocycles. The molecule has 0 bridgehead atoms. The predicted molar refractivity (Wildman–Crippen MR) is 47.4 cm³/mol. The van der Waals surface area contributed by atoms with Crippen LogP contribution in [0.1, 0.15) is 48.7 Å². The van der Waals surface area contributed by atoms with Crippen molar-refractivity contribution >= 4 is 6.29 Å². The molecule has 1 atom stereocenters. The molecular weight excluding hydrogens is 152 g/mol. The van der Waals surface area contributed by atoms with Crippen LogP contribution in [0, 0.1) is 0 Å².